The molecular weight excluding hydrogens is 264 g/mol. The van der Waals surface area contributed by atoms with Gasteiger partial charge in [0, 0.05) is 6.26 Å². The first-order valence-corrected chi connectivity index (χ1v) is 8.24. The van der Waals surface area contributed by atoms with E-state index in [4.69, 9.17) is 0 Å². The fourth-order valence-corrected chi connectivity index (χ4v) is 3.81. The van der Waals surface area contributed by atoms with Gasteiger partial charge >= 0.3 is 0 Å². The van der Waals surface area contributed by atoms with Gasteiger partial charge < -0.3 is 10.6 Å². The molecule has 1 aliphatic heterocycles. The number of sulfone groups is 1. The lowest BCUT2D eigenvalue weighted by Gasteiger charge is -2.36. The number of hydrogen-bond donors (Lipinski definition) is 2. The lowest BCUT2D eigenvalue weighted by molar-refractivity contribution is -0.120. The molecule has 102 valence electrons. The molecule has 5 nitrogen and oxygen atoms in total. The minimum absolute atomic E-state index is 0.117. The highest BCUT2D eigenvalue weighted by Crippen LogP contribution is 2.42. The number of benzene rings is 1. The SMILES string of the molecule is CS(=O)(=O)c1cccc2c1NC(=O)C1(CCCC1)N2. The largest absolute Gasteiger partial charge is 0.369 e. The van der Waals surface area contributed by atoms with E-state index in [1.165, 1.54) is 6.07 Å². The third-order valence-electron chi connectivity index (χ3n) is 3.93. The zero-order valence-electron chi connectivity index (χ0n) is 10.7. The number of amides is 1. The second-order valence-corrected chi connectivity index (χ2v) is 7.30. The van der Waals surface area contributed by atoms with Crippen molar-refractivity contribution < 1.29 is 13.2 Å². The Morgan fingerprint density at radius 1 is 1.21 bits per heavy atom. The van der Waals surface area contributed by atoms with Gasteiger partial charge in [0.15, 0.2) is 9.84 Å². The topological polar surface area (TPSA) is 75.3 Å². The van der Waals surface area contributed by atoms with Crippen LogP contribution in [0.5, 0.6) is 0 Å². The molecule has 1 aromatic carbocycles. The lowest BCUT2D eigenvalue weighted by Crippen LogP contribution is -2.50. The Hall–Kier alpha value is -1.56. The fraction of sp³-hybridized carbons (Fsp3) is 0.462. The quantitative estimate of drug-likeness (QED) is 0.822. The van der Waals surface area contributed by atoms with Crippen LogP contribution in [0.25, 0.3) is 0 Å². The van der Waals surface area contributed by atoms with Gasteiger partial charge in [-0.05, 0) is 25.0 Å². The van der Waals surface area contributed by atoms with Crippen LogP contribution in [0.4, 0.5) is 11.4 Å². The predicted molar refractivity (Wildman–Crippen MR) is 73.0 cm³/mol. The number of hydrogen-bond acceptors (Lipinski definition) is 4. The van der Waals surface area contributed by atoms with E-state index >= 15 is 0 Å². The van der Waals surface area contributed by atoms with Crippen molar-refractivity contribution in [1.29, 1.82) is 0 Å². The van der Waals surface area contributed by atoms with Gasteiger partial charge in [-0.3, -0.25) is 4.79 Å². The fourth-order valence-electron chi connectivity index (χ4n) is 2.95. The Morgan fingerprint density at radius 2 is 1.89 bits per heavy atom. The first-order valence-electron chi connectivity index (χ1n) is 6.35. The molecule has 0 radical (unpaired) electrons. The van der Waals surface area contributed by atoms with Crippen LogP contribution in [0, 0.1) is 0 Å². The molecular formula is C13H16N2O3S. The van der Waals surface area contributed by atoms with Crippen LogP contribution in [0.2, 0.25) is 0 Å². The third-order valence-corrected chi connectivity index (χ3v) is 5.07. The van der Waals surface area contributed by atoms with Crippen molar-refractivity contribution in [3.05, 3.63) is 18.2 Å². The van der Waals surface area contributed by atoms with Gasteiger partial charge in [-0.15, -0.1) is 0 Å². The maximum atomic E-state index is 12.3. The van der Waals surface area contributed by atoms with E-state index < -0.39 is 15.4 Å². The molecule has 0 unspecified atom stereocenters. The molecule has 0 bridgehead atoms. The Bertz CT molecular complexity index is 646. The van der Waals surface area contributed by atoms with Gasteiger partial charge in [-0.1, -0.05) is 18.9 Å². The zero-order valence-corrected chi connectivity index (χ0v) is 11.5. The molecule has 1 aliphatic carbocycles. The van der Waals surface area contributed by atoms with Crippen molar-refractivity contribution in [3.63, 3.8) is 0 Å². The molecule has 0 saturated heterocycles. The molecule has 1 aromatic rings. The highest BCUT2D eigenvalue weighted by molar-refractivity contribution is 7.90. The monoisotopic (exact) mass is 280 g/mol. The summed E-state index contributed by atoms with van der Waals surface area (Å²) < 4.78 is 23.5. The molecule has 0 atom stereocenters. The molecule has 1 spiro atoms. The summed E-state index contributed by atoms with van der Waals surface area (Å²) in [5, 5.41) is 6.05. The van der Waals surface area contributed by atoms with Gasteiger partial charge in [0.1, 0.15) is 5.54 Å². The first kappa shape index (κ1) is 12.5. The summed E-state index contributed by atoms with van der Waals surface area (Å²) in [6, 6.07) is 5.02. The summed E-state index contributed by atoms with van der Waals surface area (Å²) in [5.41, 5.74) is 0.528. The Labute approximate surface area is 112 Å². The van der Waals surface area contributed by atoms with Crippen LogP contribution >= 0.6 is 0 Å². The number of para-hydroxylation sites is 1. The van der Waals surface area contributed by atoms with E-state index in [-0.39, 0.29) is 10.8 Å². The number of fused-ring (bicyclic) bond motifs is 1. The van der Waals surface area contributed by atoms with E-state index in [0.29, 0.717) is 11.4 Å². The van der Waals surface area contributed by atoms with Gasteiger partial charge in [-0.2, -0.15) is 0 Å². The summed E-state index contributed by atoms with van der Waals surface area (Å²) in [7, 11) is -3.36. The van der Waals surface area contributed by atoms with Crippen molar-refractivity contribution in [2.75, 3.05) is 16.9 Å². The minimum Gasteiger partial charge on any atom is -0.369 e. The van der Waals surface area contributed by atoms with E-state index in [1.807, 2.05) is 6.07 Å². The minimum atomic E-state index is -3.36. The zero-order chi connectivity index (χ0) is 13.7. The Morgan fingerprint density at radius 3 is 2.53 bits per heavy atom. The molecule has 3 rings (SSSR count). The number of rotatable bonds is 1. The van der Waals surface area contributed by atoms with Crippen LogP contribution in [-0.2, 0) is 14.6 Å². The maximum absolute atomic E-state index is 12.3. The summed E-state index contributed by atoms with van der Waals surface area (Å²) in [4.78, 5) is 12.5. The lowest BCUT2D eigenvalue weighted by atomic mass is 9.93. The van der Waals surface area contributed by atoms with Crippen molar-refractivity contribution in [3.8, 4) is 0 Å². The van der Waals surface area contributed by atoms with Crippen LogP contribution in [0.3, 0.4) is 0 Å². The molecule has 19 heavy (non-hydrogen) atoms. The van der Waals surface area contributed by atoms with Gasteiger partial charge in [0.05, 0.1) is 16.3 Å². The number of anilines is 2. The summed E-state index contributed by atoms with van der Waals surface area (Å²) in [6.07, 6.45) is 4.76. The van der Waals surface area contributed by atoms with Crippen molar-refractivity contribution in [2.45, 2.75) is 36.1 Å². The number of carbonyl (C=O) groups excluding carboxylic acids is 1. The molecule has 1 amide bonds. The molecule has 1 heterocycles. The standard InChI is InChI=1S/C13H16N2O3S/c1-19(17,18)10-6-4-5-9-11(10)14-12(16)13(15-9)7-2-3-8-13/h4-6,15H,2-3,7-8H2,1H3,(H,14,16). The van der Waals surface area contributed by atoms with Crippen LogP contribution in [0.15, 0.2) is 23.1 Å². The van der Waals surface area contributed by atoms with Gasteiger partial charge in [0.2, 0.25) is 5.91 Å². The molecule has 0 aromatic heterocycles. The highest BCUT2D eigenvalue weighted by Gasteiger charge is 2.44. The van der Waals surface area contributed by atoms with E-state index in [9.17, 15) is 13.2 Å². The van der Waals surface area contributed by atoms with E-state index in [2.05, 4.69) is 10.6 Å². The van der Waals surface area contributed by atoms with Crippen molar-refractivity contribution in [1.82, 2.24) is 0 Å². The van der Waals surface area contributed by atoms with Gasteiger partial charge in [-0.25, -0.2) is 8.42 Å². The average molecular weight is 280 g/mol. The Kier molecular flexibility index (Phi) is 2.60. The smallest absolute Gasteiger partial charge is 0.250 e. The molecule has 2 aliphatic rings. The second-order valence-electron chi connectivity index (χ2n) is 5.32. The molecule has 1 saturated carbocycles. The normalized spacial score (nSPS) is 20.8. The first-order chi connectivity index (χ1) is 8.92. The van der Waals surface area contributed by atoms with Gasteiger partial charge in [0.25, 0.3) is 0 Å². The van der Waals surface area contributed by atoms with Crippen molar-refractivity contribution in [2.24, 2.45) is 0 Å². The average Bonchev–Trinajstić information content (AvgIpc) is 2.78. The summed E-state index contributed by atoms with van der Waals surface area (Å²) in [5.74, 6) is -0.117. The Balaban J connectivity index is 2.11. The molecule has 1 fully saturated rings. The van der Waals surface area contributed by atoms with Crippen molar-refractivity contribution >= 4 is 27.1 Å². The summed E-state index contributed by atoms with van der Waals surface area (Å²) in [6.45, 7) is 0. The highest BCUT2D eigenvalue weighted by atomic mass is 32.2. The molecule has 2 N–H and O–H groups in total. The molecule has 6 heteroatoms. The number of nitrogens with one attached hydrogen (secondary N) is 2. The van der Waals surface area contributed by atoms with E-state index in [0.717, 1.165) is 31.9 Å². The maximum Gasteiger partial charge on any atom is 0.250 e. The second kappa shape index (κ2) is 3.96. The van der Waals surface area contributed by atoms with Crippen LogP contribution in [-0.4, -0.2) is 26.1 Å². The summed E-state index contributed by atoms with van der Waals surface area (Å²) >= 11 is 0. The van der Waals surface area contributed by atoms with Crippen LogP contribution < -0.4 is 10.6 Å². The van der Waals surface area contributed by atoms with E-state index in [1.54, 1.807) is 6.07 Å². The van der Waals surface area contributed by atoms with Crippen LogP contribution in [0.1, 0.15) is 25.7 Å². The third kappa shape index (κ3) is 1.90. The number of carbonyl (C=O) groups is 1. The predicted octanol–water partition coefficient (Wildman–Crippen LogP) is 1.77.